The number of aryl methyl sites for hydroxylation is 1. The van der Waals surface area contributed by atoms with Crippen molar-refractivity contribution in [3.63, 3.8) is 0 Å². The van der Waals surface area contributed by atoms with Crippen molar-refractivity contribution in [2.45, 2.75) is 25.7 Å². The highest BCUT2D eigenvalue weighted by atomic mass is 32.1. The van der Waals surface area contributed by atoms with Gasteiger partial charge in [-0.2, -0.15) is 5.26 Å². The lowest BCUT2D eigenvalue weighted by atomic mass is 9.96. The number of fused-ring (bicyclic) bond motifs is 2. The first-order chi connectivity index (χ1) is 11.8. The van der Waals surface area contributed by atoms with E-state index in [1.165, 1.54) is 4.88 Å². The average molecular weight is 350 g/mol. The quantitative estimate of drug-likeness (QED) is 0.755. The van der Waals surface area contributed by atoms with Crippen LogP contribution in [0.1, 0.15) is 39.2 Å². The smallest absolute Gasteiger partial charge is 0.256 e. The van der Waals surface area contributed by atoms with Gasteiger partial charge >= 0.3 is 0 Å². The van der Waals surface area contributed by atoms with Gasteiger partial charge in [0.25, 0.3) is 5.91 Å². The van der Waals surface area contributed by atoms with Crippen molar-refractivity contribution in [1.82, 2.24) is 0 Å². The standard InChI is InChI=1S/C20H16N2OS.H2O/c21-12-17-15-9-3-4-11-18(15)24-20(17)22-19(23)16-10-5-7-13-6-1-2-8-14(13)16;/h1-2,5-8,10H,3-4,9,11H2,(H,22,23);1H2. The molecule has 2 aromatic carbocycles. The second-order valence-corrected chi connectivity index (χ2v) is 7.11. The van der Waals surface area contributed by atoms with E-state index in [9.17, 15) is 10.1 Å². The Kier molecular flexibility index (Phi) is 4.84. The highest BCUT2D eigenvalue weighted by Crippen LogP contribution is 2.38. The van der Waals surface area contributed by atoms with Crippen LogP contribution in [0.5, 0.6) is 0 Å². The lowest BCUT2D eigenvalue weighted by Gasteiger charge is -2.09. The van der Waals surface area contributed by atoms with Crippen molar-refractivity contribution in [1.29, 1.82) is 5.26 Å². The number of nitrogens with zero attached hydrogens (tertiary/aromatic N) is 1. The van der Waals surface area contributed by atoms with Crippen LogP contribution in [0, 0.1) is 11.3 Å². The Morgan fingerprint density at radius 1 is 1.08 bits per heavy atom. The van der Waals surface area contributed by atoms with E-state index in [1.807, 2.05) is 42.5 Å². The molecule has 3 N–H and O–H groups in total. The summed E-state index contributed by atoms with van der Waals surface area (Å²) in [5, 5.41) is 15.2. The van der Waals surface area contributed by atoms with Crippen LogP contribution in [-0.2, 0) is 12.8 Å². The second-order valence-electron chi connectivity index (χ2n) is 6.01. The number of amides is 1. The second kappa shape index (κ2) is 7.06. The zero-order valence-electron chi connectivity index (χ0n) is 13.6. The minimum atomic E-state index is -0.151. The third-order valence-corrected chi connectivity index (χ3v) is 5.75. The maximum Gasteiger partial charge on any atom is 0.256 e. The van der Waals surface area contributed by atoms with Crippen LogP contribution < -0.4 is 5.32 Å². The number of nitriles is 1. The fourth-order valence-electron chi connectivity index (χ4n) is 3.37. The number of thiophene rings is 1. The summed E-state index contributed by atoms with van der Waals surface area (Å²) >= 11 is 1.56. The molecule has 0 bridgehead atoms. The van der Waals surface area contributed by atoms with E-state index in [0.29, 0.717) is 16.1 Å². The van der Waals surface area contributed by atoms with Crippen LogP contribution in [0.25, 0.3) is 10.8 Å². The van der Waals surface area contributed by atoms with Crippen molar-refractivity contribution in [3.05, 3.63) is 64.0 Å². The molecule has 1 heterocycles. The Hall–Kier alpha value is -2.68. The topological polar surface area (TPSA) is 84.4 Å². The number of hydrogen-bond acceptors (Lipinski definition) is 3. The number of anilines is 1. The normalized spacial score (nSPS) is 12.8. The van der Waals surface area contributed by atoms with Gasteiger partial charge in [0.2, 0.25) is 0 Å². The molecule has 0 saturated carbocycles. The lowest BCUT2D eigenvalue weighted by Crippen LogP contribution is -2.12. The molecule has 126 valence electrons. The number of hydrogen-bond donors (Lipinski definition) is 1. The Labute approximate surface area is 150 Å². The van der Waals surface area contributed by atoms with Gasteiger partial charge in [-0.25, -0.2) is 0 Å². The minimum Gasteiger partial charge on any atom is -0.412 e. The van der Waals surface area contributed by atoms with Crippen LogP contribution in [0.15, 0.2) is 42.5 Å². The summed E-state index contributed by atoms with van der Waals surface area (Å²) in [6.45, 7) is 0. The summed E-state index contributed by atoms with van der Waals surface area (Å²) in [4.78, 5) is 14.1. The van der Waals surface area contributed by atoms with Crippen molar-refractivity contribution < 1.29 is 10.3 Å². The third-order valence-electron chi connectivity index (χ3n) is 4.54. The molecule has 0 spiro atoms. The molecular formula is C20H18N2O2S. The Morgan fingerprint density at radius 2 is 1.84 bits per heavy atom. The van der Waals surface area contributed by atoms with E-state index in [1.54, 1.807) is 11.3 Å². The molecule has 1 aromatic heterocycles. The predicted molar refractivity (Wildman–Crippen MR) is 101 cm³/mol. The molecule has 0 saturated heterocycles. The molecule has 1 aliphatic carbocycles. The van der Waals surface area contributed by atoms with Crippen molar-refractivity contribution in [2.24, 2.45) is 0 Å². The van der Waals surface area contributed by atoms with E-state index in [4.69, 9.17) is 0 Å². The van der Waals surface area contributed by atoms with Gasteiger partial charge in [0.1, 0.15) is 11.1 Å². The molecule has 0 radical (unpaired) electrons. The zero-order chi connectivity index (χ0) is 16.5. The number of benzene rings is 2. The molecule has 5 heteroatoms. The SMILES string of the molecule is N#Cc1c(NC(=O)c2cccc3ccccc23)sc2c1CCCC2.O. The van der Waals surface area contributed by atoms with E-state index < -0.39 is 0 Å². The van der Waals surface area contributed by atoms with E-state index in [0.717, 1.165) is 42.0 Å². The first-order valence-electron chi connectivity index (χ1n) is 8.11. The molecule has 0 aliphatic heterocycles. The van der Waals surface area contributed by atoms with Crippen LogP contribution in [0.2, 0.25) is 0 Å². The highest BCUT2D eigenvalue weighted by Gasteiger charge is 2.22. The maximum absolute atomic E-state index is 12.8. The fourth-order valence-corrected chi connectivity index (χ4v) is 4.60. The predicted octanol–water partition coefficient (Wildman–Crippen LogP) is 4.08. The molecule has 1 amide bonds. The molecule has 0 fully saturated rings. The van der Waals surface area contributed by atoms with Gasteiger partial charge in [0.15, 0.2) is 0 Å². The molecule has 0 unspecified atom stereocenters. The largest absolute Gasteiger partial charge is 0.412 e. The number of carbonyl (C=O) groups excluding carboxylic acids is 1. The van der Waals surface area contributed by atoms with Gasteiger partial charge in [-0.15, -0.1) is 11.3 Å². The summed E-state index contributed by atoms with van der Waals surface area (Å²) in [5.74, 6) is -0.151. The van der Waals surface area contributed by atoms with Gasteiger partial charge in [-0.3, -0.25) is 4.79 Å². The third kappa shape index (κ3) is 3.02. The Morgan fingerprint density at radius 3 is 2.68 bits per heavy atom. The molecular weight excluding hydrogens is 332 g/mol. The first kappa shape index (κ1) is 17.2. The van der Waals surface area contributed by atoms with Crippen LogP contribution in [-0.4, -0.2) is 11.4 Å². The van der Waals surface area contributed by atoms with Crippen LogP contribution >= 0.6 is 11.3 Å². The molecule has 4 rings (SSSR count). The monoisotopic (exact) mass is 350 g/mol. The molecule has 0 atom stereocenters. The highest BCUT2D eigenvalue weighted by molar-refractivity contribution is 7.16. The van der Waals surface area contributed by atoms with Crippen molar-refractivity contribution in [3.8, 4) is 6.07 Å². The van der Waals surface area contributed by atoms with Gasteiger partial charge in [0.05, 0.1) is 5.56 Å². The van der Waals surface area contributed by atoms with Gasteiger partial charge in [-0.05, 0) is 48.1 Å². The summed E-state index contributed by atoms with van der Waals surface area (Å²) < 4.78 is 0. The lowest BCUT2D eigenvalue weighted by molar-refractivity contribution is 0.102. The van der Waals surface area contributed by atoms with Gasteiger partial charge in [-0.1, -0.05) is 36.4 Å². The molecule has 3 aromatic rings. The minimum absolute atomic E-state index is 0. The van der Waals surface area contributed by atoms with E-state index >= 15 is 0 Å². The number of carbonyl (C=O) groups is 1. The summed E-state index contributed by atoms with van der Waals surface area (Å²) in [6, 6.07) is 15.9. The Balaban J connectivity index is 0.00000182. The summed E-state index contributed by atoms with van der Waals surface area (Å²) in [7, 11) is 0. The Bertz CT molecular complexity index is 980. The number of rotatable bonds is 2. The number of nitrogens with one attached hydrogen (secondary N) is 1. The van der Waals surface area contributed by atoms with E-state index in [2.05, 4.69) is 11.4 Å². The van der Waals surface area contributed by atoms with Crippen molar-refractivity contribution >= 4 is 33.0 Å². The maximum atomic E-state index is 12.8. The molecule has 1 aliphatic rings. The van der Waals surface area contributed by atoms with Gasteiger partial charge in [0, 0.05) is 10.4 Å². The first-order valence-corrected chi connectivity index (χ1v) is 8.93. The summed E-state index contributed by atoms with van der Waals surface area (Å²) in [6.07, 6.45) is 4.24. The molecule has 25 heavy (non-hydrogen) atoms. The van der Waals surface area contributed by atoms with E-state index in [-0.39, 0.29) is 11.4 Å². The van der Waals surface area contributed by atoms with Crippen LogP contribution in [0.4, 0.5) is 5.00 Å². The molecule has 4 nitrogen and oxygen atoms in total. The average Bonchev–Trinajstić information content (AvgIpc) is 2.98. The van der Waals surface area contributed by atoms with Crippen molar-refractivity contribution in [2.75, 3.05) is 5.32 Å². The summed E-state index contributed by atoms with van der Waals surface area (Å²) in [5.41, 5.74) is 2.44. The fraction of sp³-hybridized carbons (Fsp3) is 0.200. The van der Waals surface area contributed by atoms with Crippen LogP contribution in [0.3, 0.4) is 0 Å². The van der Waals surface area contributed by atoms with Gasteiger partial charge < -0.3 is 10.8 Å². The zero-order valence-corrected chi connectivity index (χ0v) is 14.5.